The molecule has 0 bridgehead atoms. The van der Waals surface area contributed by atoms with Crippen molar-refractivity contribution in [2.45, 2.75) is 6.54 Å². The van der Waals surface area contributed by atoms with E-state index in [1.807, 2.05) is 12.1 Å². The van der Waals surface area contributed by atoms with Crippen molar-refractivity contribution in [2.24, 2.45) is 0 Å². The van der Waals surface area contributed by atoms with E-state index in [-0.39, 0.29) is 12.1 Å². The minimum Gasteiger partial charge on any atom is -0.268 e. The highest BCUT2D eigenvalue weighted by Crippen LogP contribution is 2.27. The molecule has 2 aromatic carbocycles. The standard InChI is InChI=1S/C20H18ClN3O3S/c1-24(28(26,27)23-20(25)16-7-3-2-4-8-16)14-15-10-11-18(21)17(13-15)19-9-5-6-12-22-19/h2-13H,14H2,1H3,(H,23,25). The molecule has 0 spiro atoms. The highest BCUT2D eigenvalue weighted by atomic mass is 35.5. The third-order valence-corrected chi connectivity index (χ3v) is 5.77. The van der Waals surface area contributed by atoms with Crippen molar-refractivity contribution in [3.63, 3.8) is 0 Å². The van der Waals surface area contributed by atoms with Gasteiger partial charge in [0.15, 0.2) is 0 Å². The van der Waals surface area contributed by atoms with Gasteiger partial charge in [0, 0.05) is 35.9 Å². The van der Waals surface area contributed by atoms with Crippen LogP contribution in [0, 0.1) is 0 Å². The van der Waals surface area contributed by atoms with E-state index in [4.69, 9.17) is 11.6 Å². The summed E-state index contributed by atoms with van der Waals surface area (Å²) in [6.45, 7) is 0.0639. The van der Waals surface area contributed by atoms with Crippen molar-refractivity contribution in [3.8, 4) is 11.3 Å². The summed E-state index contributed by atoms with van der Waals surface area (Å²) in [5.41, 5.74) is 2.38. The SMILES string of the molecule is CN(Cc1ccc(Cl)c(-c2ccccn2)c1)S(=O)(=O)NC(=O)c1ccccc1. The molecule has 0 saturated carbocycles. The van der Waals surface area contributed by atoms with E-state index in [9.17, 15) is 13.2 Å². The number of amides is 1. The smallest absolute Gasteiger partial charge is 0.268 e. The zero-order valence-corrected chi connectivity index (χ0v) is 16.6. The van der Waals surface area contributed by atoms with Gasteiger partial charge in [-0.2, -0.15) is 12.7 Å². The van der Waals surface area contributed by atoms with E-state index < -0.39 is 16.1 Å². The van der Waals surface area contributed by atoms with E-state index in [0.29, 0.717) is 21.8 Å². The molecule has 1 heterocycles. The van der Waals surface area contributed by atoms with Crippen LogP contribution in [0.1, 0.15) is 15.9 Å². The number of carbonyl (C=O) groups is 1. The fourth-order valence-electron chi connectivity index (χ4n) is 2.57. The molecule has 8 heteroatoms. The molecule has 144 valence electrons. The predicted molar refractivity (Wildman–Crippen MR) is 109 cm³/mol. The summed E-state index contributed by atoms with van der Waals surface area (Å²) in [7, 11) is -2.61. The lowest BCUT2D eigenvalue weighted by atomic mass is 10.1. The van der Waals surface area contributed by atoms with Gasteiger partial charge >= 0.3 is 10.2 Å². The lowest BCUT2D eigenvalue weighted by Gasteiger charge is -2.18. The van der Waals surface area contributed by atoms with Crippen LogP contribution in [0.25, 0.3) is 11.3 Å². The van der Waals surface area contributed by atoms with Crippen molar-refractivity contribution in [1.29, 1.82) is 0 Å². The highest BCUT2D eigenvalue weighted by Gasteiger charge is 2.22. The summed E-state index contributed by atoms with van der Waals surface area (Å²) in [6, 6.07) is 18.9. The first-order valence-electron chi connectivity index (χ1n) is 8.40. The second-order valence-electron chi connectivity index (χ2n) is 6.09. The second kappa shape index (κ2) is 8.52. The van der Waals surface area contributed by atoms with E-state index in [0.717, 1.165) is 4.31 Å². The van der Waals surface area contributed by atoms with Gasteiger partial charge in [0.05, 0.1) is 5.69 Å². The number of hydrogen-bond donors (Lipinski definition) is 1. The first-order chi connectivity index (χ1) is 13.4. The van der Waals surface area contributed by atoms with Crippen molar-refractivity contribution in [2.75, 3.05) is 7.05 Å². The molecule has 28 heavy (non-hydrogen) atoms. The normalized spacial score (nSPS) is 11.4. The molecule has 0 fully saturated rings. The maximum absolute atomic E-state index is 12.5. The van der Waals surface area contributed by atoms with Crippen molar-refractivity contribution in [1.82, 2.24) is 14.0 Å². The lowest BCUT2D eigenvalue weighted by molar-refractivity contribution is 0.0979. The number of aromatic nitrogens is 1. The maximum Gasteiger partial charge on any atom is 0.304 e. The van der Waals surface area contributed by atoms with E-state index in [2.05, 4.69) is 9.71 Å². The van der Waals surface area contributed by atoms with E-state index in [1.54, 1.807) is 60.8 Å². The van der Waals surface area contributed by atoms with Crippen LogP contribution >= 0.6 is 11.6 Å². The van der Waals surface area contributed by atoms with Gasteiger partial charge in [0.25, 0.3) is 5.91 Å². The topological polar surface area (TPSA) is 79.4 Å². The Kier molecular flexibility index (Phi) is 6.08. The number of carbonyl (C=O) groups excluding carboxylic acids is 1. The monoisotopic (exact) mass is 415 g/mol. The van der Waals surface area contributed by atoms with Crippen LogP contribution in [0.5, 0.6) is 0 Å². The third-order valence-electron chi connectivity index (χ3n) is 4.04. The molecule has 1 amide bonds. The lowest BCUT2D eigenvalue weighted by Crippen LogP contribution is -2.41. The third kappa shape index (κ3) is 4.75. The van der Waals surface area contributed by atoms with Crippen LogP contribution in [0.2, 0.25) is 5.02 Å². The molecular formula is C20H18ClN3O3S. The van der Waals surface area contributed by atoms with Gasteiger partial charge in [-0.05, 0) is 42.0 Å². The summed E-state index contributed by atoms with van der Waals surface area (Å²) in [5, 5.41) is 0.519. The number of pyridine rings is 1. The molecule has 1 N–H and O–H groups in total. The Morgan fingerprint density at radius 2 is 1.79 bits per heavy atom. The Morgan fingerprint density at radius 3 is 2.46 bits per heavy atom. The largest absolute Gasteiger partial charge is 0.304 e. The number of hydrogen-bond acceptors (Lipinski definition) is 4. The quantitative estimate of drug-likeness (QED) is 0.668. The number of benzene rings is 2. The summed E-state index contributed by atoms with van der Waals surface area (Å²) < 4.78 is 28.1. The number of nitrogens with one attached hydrogen (secondary N) is 1. The van der Waals surface area contributed by atoms with Crippen LogP contribution in [-0.4, -0.2) is 30.7 Å². The zero-order chi connectivity index (χ0) is 20.1. The van der Waals surface area contributed by atoms with Crippen LogP contribution in [0.3, 0.4) is 0 Å². The highest BCUT2D eigenvalue weighted by molar-refractivity contribution is 7.87. The molecular weight excluding hydrogens is 398 g/mol. The van der Waals surface area contributed by atoms with Crippen LogP contribution in [-0.2, 0) is 16.8 Å². The first-order valence-corrected chi connectivity index (χ1v) is 10.2. The molecule has 3 aromatic rings. The van der Waals surface area contributed by atoms with Gasteiger partial charge in [-0.15, -0.1) is 0 Å². The van der Waals surface area contributed by atoms with E-state index in [1.165, 1.54) is 7.05 Å². The number of halogens is 1. The average molecular weight is 416 g/mol. The van der Waals surface area contributed by atoms with Gasteiger partial charge in [0.2, 0.25) is 0 Å². The number of nitrogens with zero attached hydrogens (tertiary/aromatic N) is 2. The molecule has 0 aliphatic carbocycles. The maximum atomic E-state index is 12.5. The molecule has 0 saturated heterocycles. The summed E-state index contributed by atoms with van der Waals surface area (Å²) in [5.74, 6) is -0.683. The number of rotatable bonds is 6. The summed E-state index contributed by atoms with van der Waals surface area (Å²) in [6.07, 6.45) is 1.66. The summed E-state index contributed by atoms with van der Waals surface area (Å²) in [4.78, 5) is 16.4. The Labute approximate surface area is 169 Å². The van der Waals surface area contributed by atoms with Gasteiger partial charge in [-0.3, -0.25) is 9.78 Å². The zero-order valence-electron chi connectivity index (χ0n) is 15.0. The Bertz CT molecular complexity index is 1070. The van der Waals surface area contributed by atoms with Crippen molar-refractivity contribution < 1.29 is 13.2 Å². The van der Waals surface area contributed by atoms with Crippen LogP contribution < -0.4 is 4.72 Å². The summed E-state index contributed by atoms with van der Waals surface area (Å²) >= 11 is 6.27. The van der Waals surface area contributed by atoms with Crippen molar-refractivity contribution >= 4 is 27.7 Å². The van der Waals surface area contributed by atoms with Crippen LogP contribution in [0.15, 0.2) is 72.9 Å². The van der Waals surface area contributed by atoms with Gasteiger partial charge < -0.3 is 0 Å². The van der Waals surface area contributed by atoms with Gasteiger partial charge in [-0.25, -0.2) is 4.72 Å². The average Bonchev–Trinajstić information content (AvgIpc) is 2.70. The minimum absolute atomic E-state index is 0.0639. The van der Waals surface area contributed by atoms with E-state index >= 15 is 0 Å². The minimum atomic E-state index is -4.01. The molecule has 0 atom stereocenters. The molecule has 1 aromatic heterocycles. The second-order valence-corrected chi connectivity index (χ2v) is 8.27. The molecule has 6 nitrogen and oxygen atoms in total. The fourth-order valence-corrected chi connectivity index (χ4v) is 3.62. The molecule has 0 unspecified atom stereocenters. The molecule has 3 rings (SSSR count). The fraction of sp³-hybridized carbons (Fsp3) is 0.100. The molecule has 0 radical (unpaired) electrons. The van der Waals surface area contributed by atoms with Crippen LogP contribution in [0.4, 0.5) is 0 Å². The van der Waals surface area contributed by atoms with Gasteiger partial charge in [-0.1, -0.05) is 41.9 Å². The first kappa shape index (κ1) is 20.0. The molecule has 0 aliphatic rings. The Morgan fingerprint density at radius 1 is 1.07 bits per heavy atom. The Hall–Kier alpha value is -2.74. The molecule has 0 aliphatic heterocycles. The van der Waals surface area contributed by atoms with Gasteiger partial charge in [0.1, 0.15) is 0 Å². The van der Waals surface area contributed by atoms with Crippen molar-refractivity contribution in [3.05, 3.63) is 89.1 Å². The predicted octanol–water partition coefficient (Wildman–Crippen LogP) is 3.51. The Balaban J connectivity index is 1.77.